The fourth-order valence-electron chi connectivity index (χ4n) is 3.49. The van der Waals surface area contributed by atoms with E-state index < -0.39 is 36.1 Å². The van der Waals surface area contributed by atoms with Crippen LogP contribution < -0.4 is 5.32 Å². The summed E-state index contributed by atoms with van der Waals surface area (Å²) in [5.41, 5.74) is 0.330. The van der Waals surface area contributed by atoms with Crippen molar-refractivity contribution in [3.05, 3.63) is 69.2 Å². The number of nitrogens with zero attached hydrogens (tertiary/aromatic N) is 2. The van der Waals surface area contributed by atoms with Gasteiger partial charge in [0.1, 0.15) is 4.88 Å². The number of aromatic amines is 1. The molecule has 1 atom stereocenters. The molecule has 0 saturated heterocycles. The molecule has 0 aliphatic rings. The minimum Gasteiger partial charge on any atom is -0.492 e. The average molecular weight is 539 g/mol. The standard InChI is InChI=1S/C23H18ClF3N4O4S/c24-14-3-1-12(17(7-14)23(25,26)27)6-16(11-2-4-18-13(5-11)9-29-31-18)20-21(35)30-22(36-20)28-10-15(32)8-19(33)34/h1-7,9,15,32,35H,8,10H2,(H,28,30)(H,29,31)(H,33,34). The lowest BCUT2D eigenvalue weighted by molar-refractivity contribution is -0.139. The summed E-state index contributed by atoms with van der Waals surface area (Å²) in [6.45, 7) is -0.159. The van der Waals surface area contributed by atoms with Crippen molar-refractivity contribution < 1.29 is 33.3 Å². The first-order valence-electron chi connectivity index (χ1n) is 10.4. The summed E-state index contributed by atoms with van der Waals surface area (Å²) in [5.74, 6) is -1.63. The smallest absolute Gasteiger partial charge is 0.417 e. The van der Waals surface area contributed by atoms with Crippen molar-refractivity contribution >= 4 is 56.6 Å². The van der Waals surface area contributed by atoms with Gasteiger partial charge >= 0.3 is 12.1 Å². The Morgan fingerprint density at radius 1 is 1.25 bits per heavy atom. The molecule has 5 N–H and O–H groups in total. The van der Waals surface area contributed by atoms with Crippen LogP contribution in [0.4, 0.5) is 18.3 Å². The van der Waals surface area contributed by atoms with E-state index in [1.807, 2.05) is 0 Å². The number of aromatic hydroxyl groups is 1. The Labute approximate surface area is 210 Å². The molecule has 0 aliphatic heterocycles. The Kier molecular flexibility index (Phi) is 7.20. The van der Waals surface area contributed by atoms with E-state index in [0.29, 0.717) is 16.5 Å². The lowest BCUT2D eigenvalue weighted by Crippen LogP contribution is -2.22. The lowest BCUT2D eigenvalue weighted by atomic mass is 9.98. The number of carboxylic acids is 1. The number of fused-ring (bicyclic) bond motifs is 1. The van der Waals surface area contributed by atoms with Gasteiger partial charge in [0, 0.05) is 22.5 Å². The molecule has 4 rings (SSSR count). The highest BCUT2D eigenvalue weighted by atomic mass is 35.5. The van der Waals surface area contributed by atoms with E-state index in [0.717, 1.165) is 17.4 Å². The number of carboxylic acid groups (broad SMARTS) is 1. The predicted octanol–water partition coefficient (Wildman–Crippen LogP) is 5.23. The molecule has 188 valence electrons. The molecule has 0 radical (unpaired) electrons. The third-order valence-corrected chi connectivity index (χ3v) is 6.40. The number of aromatic nitrogens is 3. The maximum atomic E-state index is 13.8. The summed E-state index contributed by atoms with van der Waals surface area (Å²) in [7, 11) is 0. The summed E-state index contributed by atoms with van der Waals surface area (Å²) < 4.78 is 41.3. The number of benzene rings is 2. The number of halogens is 4. The number of hydrogen-bond acceptors (Lipinski definition) is 7. The zero-order valence-electron chi connectivity index (χ0n) is 18.2. The monoisotopic (exact) mass is 538 g/mol. The van der Waals surface area contributed by atoms with Gasteiger partial charge in [-0.3, -0.25) is 9.89 Å². The molecule has 2 aromatic carbocycles. The summed E-state index contributed by atoms with van der Waals surface area (Å²) in [4.78, 5) is 14.9. The van der Waals surface area contributed by atoms with Crippen molar-refractivity contribution in [2.24, 2.45) is 0 Å². The van der Waals surface area contributed by atoms with Crippen molar-refractivity contribution in [2.75, 3.05) is 11.9 Å². The zero-order valence-corrected chi connectivity index (χ0v) is 19.7. The minimum absolute atomic E-state index is 0.0760. The Bertz CT molecular complexity index is 1450. The normalized spacial score (nSPS) is 13.2. The first kappa shape index (κ1) is 25.5. The van der Waals surface area contributed by atoms with Crippen LogP contribution in [0.2, 0.25) is 5.02 Å². The first-order chi connectivity index (χ1) is 17.0. The van der Waals surface area contributed by atoms with Gasteiger partial charge in [-0.2, -0.15) is 23.3 Å². The molecular formula is C23H18ClF3N4O4S. The van der Waals surface area contributed by atoms with Gasteiger partial charge in [-0.05, 0) is 41.5 Å². The van der Waals surface area contributed by atoms with E-state index in [1.54, 1.807) is 24.4 Å². The van der Waals surface area contributed by atoms with Crippen LogP contribution in [0.15, 0.2) is 42.6 Å². The van der Waals surface area contributed by atoms with Crippen molar-refractivity contribution in [3.8, 4) is 5.88 Å². The second-order valence-electron chi connectivity index (χ2n) is 7.76. The van der Waals surface area contributed by atoms with E-state index in [-0.39, 0.29) is 32.7 Å². The van der Waals surface area contributed by atoms with Crippen molar-refractivity contribution in [1.29, 1.82) is 0 Å². The topological polar surface area (TPSA) is 131 Å². The molecule has 0 saturated carbocycles. The second-order valence-corrected chi connectivity index (χ2v) is 9.20. The number of H-pyrrole nitrogens is 1. The number of anilines is 1. The number of carbonyl (C=O) groups is 1. The molecule has 2 aromatic heterocycles. The van der Waals surface area contributed by atoms with E-state index in [1.165, 1.54) is 18.2 Å². The van der Waals surface area contributed by atoms with Crippen LogP contribution in [0.25, 0.3) is 22.6 Å². The van der Waals surface area contributed by atoms with Crippen LogP contribution in [0, 0.1) is 0 Å². The molecule has 1 unspecified atom stereocenters. The zero-order chi connectivity index (χ0) is 26.0. The SMILES string of the molecule is O=C(O)CC(O)CNc1nc(O)c(C(=Cc2ccc(Cl)cc2C(F)(F)F)c2ccc3[nH]ncc3c2)s1. The molecule has 36 heavy (non-hydrogen) atoms. The van der Waals surface area contributed by atoms with Gasteiger partial charge < -0.3 is 20.6 Å². The number of nitrogens with one attached hydrogen (secondary N) is 2. The maximum Gasteiger partial charge on any atom is 0.417 e. The Hall–Kier alpha value is -3.61. The van der Waals surface area contributed by atoms with Crippen LogP contribution in [0.3, 0.4) is 0 Å². The van der Waals surface area contributed by atoms with Crippen LogP contribution in [-0.4, -0.2) is 49.1 Å². The number of thiazole rings is 1. The molecule has 0 amide bonds. The number of aliphatic carboxylic acids is 1. The highest BCUT2D eigenvalue weighted by Gasteiger charge is 2.33. The quantitative estimate of drug-likeness (QED) is 0.194. The first-order valence-corrected chi connectivity index (χ1v) is 11.6. The van der Waals surface area contributed by atoms with Crippen molar-refractivity contribution in [2.45, 2.75) is 18.7 Å². The number of aliphatic hydroxyl groups is 1. The second kappa shape index (κ2) is 10.2. The summed E-state index contributed by atoms with van der Waals surface area (Å²) >= 11 is 6.76. The van der Waals surface area contributed by atoms with Gasteiger partial charge in [-0.1, -0.05) is 35.1 Å². The highest BCUT2D eigenvalue weighted by Crippen LogP contribution is 2.41. The third-order valence-electron chi connectivity index (χ3n) is 5.12. The average Bonchev–Trinajstić information content (AvgIpc) is 3.41. The highest BCUT2D eigenvalue weighted by molar-refractivity contribution is 7.17. The molecule has 0 bridgehead atoms. The van der Waals surface area contributed by atoms with Crippen molar-refractivity contribution in [3.63, 3.8) is 0 Å². The predicted molar refractivity (Wildman–Crippen MR) is 130 cm³/mol. The maximum absolute atomic E-state index is 13.8. The van der Waals surface area contributed by atoms with E-state index >= 15 is 0 Å². The summed E-state index contributed by atoms with van der Waals surface area (Å²) in [6.07, 6.45) is -3.54. The fraction of sp³-hybridized carbons (Fsp3) is 0.174. The Morgan fingerprint density at radius 2 is 2.03 bits per heavy atom. The molecule has 2 heterocycles. The van der Waals surface area contributed by atoms with E-state index in [4.69, 9.17) is 16.7 Å². The minimum atomic E-state index is -4.68. The van der Waals surface area contributed by atoms with Crippen LogP contribution in [0.1, 0.15) is 28.0 Å². The van der Waals surface area contributed by atoms with Gasteiger partial charge in [0.05, 0.1) is 29.8 Å². The lowest BCUT2D eigenvalue weighted by Gasteiger charge is -2.13. The van der Waals surface area contributed by atoms with Gasteiger partial charge in [0.2, 0.25) is 5.88 Å². The molecule has 4 aromatic rings. The van der Waals surface area contributed by atoms with Gasteiger partial charge in [-0.15, -0.1) is 0 Å². The molecule has 13 heteroatoms. The van der Waals surface area contributed by atoms with Gasteiger partial charge in [0.15, 0.2) is 5.13 Å². The third kappa shape index (κ3) is 5.78. The molecule has 0 spiro atoms. The molecule has 0 aliphatic carbocycles. The number of hydrogen-bond donors (Lipinski definition) is 5. The van der Waals surface area contributed by atoms with E-state index in [2.05, 4.69) is 20.5 Å². The van der Waals surface area contributed by atoms with Crippen molar-refractivity contribution in [1.82, 2.24) is 15.2 Å². The molecular weight excluding hydrogens is 521 g/mol. The number of rotatable bonds is 8. The van der Waals surface area contributed by atoms with Crippen LogP contribution in [-0.2, 0) is 11.0 Å². The van der Waals surface area contributed by atoms with Crippen LogP contribution in [0.5, 0.6) is 5.88 Å². The molecule has 8 nitrogen and oxygen atoms in total. The number of alkyl halides is 3. The summed E-state index contributed by atoms with van der Waals surface area (Å²) in [5, 5.41) is 39.4. The van der Waals surface area contributed by atoms with E-state index in [9.17, 15) is 28.2 Å². The van der Waals surface area contributed by atoms with Gasteiger partial charge in [0.25, 0.3) is 0 Å². The number of aliphatic hydroxyl groups excluding tert-OH is 1. The Morgan fingerprint density at radius 3 is 2.75 bits per heavy atom. The Balaban J connectivity index is 1.81. The van der Waals surface area contributed by atoms with Gasteiger partial charge in [-0.25, -0.2) is 0 Å². The molecule has 0 fully saturated rings. The van der Waals surface area contributed by atoms with Crippen LogP contribution >= 0.6 is 22.9 Å². The fourth-order valence-corrected chi connectivity index (χ4v) is 4.56. The summed E-state index contributed by atoms with van der Waals surface area (Å²) in [6, 6.07) is 8.48. The largest absolute Gasteiger partial charge is 0.492 e.